The molecule has 0 atom stereocenters. The molecule has 0 radical (unpaired) electrons. The van der Waals surface area contributed by atoms with Gasteiger partial charge in [0.1, 0.15) is 5.75 Å². The first kappa shape index (κ1) is 13.5. The second-order valence-corrected chi connectivity index (χ2v) is 4.74. The summed E-state index contributed by atoms with van der Waals surface area (Å²) >= 11 is 0. The van der Waals surface area contributed by atoms with Crippen LogP contribution in [0.3, 0.4) is 0 Å². The van der Waals surface area contributed by atoms with Gasteiger partial charge in [0.05, 0.1) is 12.5 Å². The number of amides is 1. The van der Waals surface area contributed by atoms with Crippen molar-refractivity contribution in [3.63, 3.8) is 0 Å². The van der Waals surface area contributed by atoms with E-state index < -0.39 is 5.41 Å². The lowest BCUT2D eigenvalue weighted by atomic mass is 9.80. The maximum Gasteiger partial charge on any atom is 0.243 e. The lowest BCUT2D eigenvalue weighted by molar-refractivity contribution is -0.125. The van der Waals surface area contributed by atoms with Gasteiger partial charge < -0.3 is 4.74 Å². The lowest BCUT2D eigenvalue weighted by Crippen LogP contribution is -2.44. The predicted molar refractivity (Wildman–Crippen MR) is 67.8 cm³/mol. The molecule has 0 unspecified atom stereocenters. The van der Waals surface area contributed by atoms with Crippen LogP contribution in [-0.4, -0.2) is 13.0 Å². The van der Waals surface area contributed by atoms with Crippen LogP contribution in [0.4, 0.5) is 0 Å². The first-order chi connectivity index (χ1) is 7.84. The molecule has 4 nitrogen and oxygen atoms in total. The highest BCUT2D eigenvalue weighted by molar-refractivity contribution is 5.87. The SMILES string of the molecule is COc1cc(C)c(C(C)(C)C(=O)NN)cc1C. The van der Waals surface area contributed by atoms with Crippen molar-refractivity contribution in [2.24, 2.45) is 5.84 Å². The molecule has 0 saturated carbocycles. The summed E-state index contributed by atoms with van der Waals surface area (Å²) in [5.74, 6) is 5.84. The van der Waals surface area contributed by atoms with Crippen molar-refractivity contribution in [1.29, 1.82) is 0 Å². The zero-order chi connectivity index (χ0) is 13.2. The summed E-state index contributed by atoms with van der Waals surface area (Å²) in [5, 5.41) is 0. The Labute approximate surface area is 102 Å². The molecule has 0 heterocycles. The van der Waals surface area contributed by atoms with Crippen molar-refractivity contribution in [2.45, 2.75) is 33.1 Å². The Morgan fingerprint density at radius 2 is 1.88 bits per heavy atom. The number of ether oxygens (including phenoxy) is 1. The molecule has 0 aliphatic heterocycles. The van der Waals surface area contributed by atoms with E-state index in [0.29, 0.717) is 0 Å². The van der Waals surface area contributed by atoms with Gasteiger partial charge in [-0.15, -0.1) is 0 Å². The molecule has 4 heteroatoms. The molecule has 0 spiro atoms. The van der Waals surface area contributed by atoms with Gasteiger partial charge in [-0.25, -0.2) is 5.84 Å². The van der Waals surface area contributed by atoms with E-state index in [1.54, 1.807) is 7.11 Å². The highest BCUT2D eigenvalue weighted by Gasteiger charge is 2.31. The van der Waals surface area contributed by atoms with Crippen molar-refractivity contribution in [3.8, 4) is 5.75 Å². The molecule has 1 aromatic rings. The lowest BCUT2D eigenvalue weighted by Gasteiger charge is -2.26. The average molecular weight is 236 g/mol. The molecule has 0 bridgehead atoms. The van der Waals surface area contributed by atoms with Crippen LogP contribution < -0.4 is 16.0 Å². The van der Waals surface area contributed by atoms with Gasteiger partial charge in [0.15, 0.2) is 0 Å². The minimum atomic E-state index is -0.657. The minimum absolute atomic E-state index is 0.204. The molecule has 0 aliphatic rings. The summed E-state index contributed by atoms with van der Waals surface area (Å²) in [5.41, 5.74) is 4.53. The normalized spacial score (nSPS) is 11.2. The fraction of sp³-hybridized carbons (Fsp3) is 0.462. The monoisotopic (exact) mass is 236 g/mol. The van der Waals surface area contributed by atoms with Crippen LogP contribution in [0.15, 0.2) is 12.1 Å². The van der Waals surface area contributed by atoms with E-state index in [-0.39, 0.29) is 5.91 Å². The second kappa shape index (κ2) is 4.75. The fourth-order valence-electron chi connectivity index (χ4n) is 1.99. The van der Waals surface area contributed by atoms with E-state index in [1.807, 2.05) is 39.8 Å². The van der Waals surface area contributed by atoms with Crippen LogP contribution in [-0.2, 0) is 10.2 Å². The molecule has 17 heavy (non-hydrogen) atoms. The first-order valence-electron chi connectivity index (χ1n) is 5.51. The Morgan fingerprint density at radius 3 is 2.35 bits per heavy atom. The van der Waals surface area contributed by atoms with E-state index in [1.165, 1.54) is 0 Å². The molecular weight excluding hydrogens is 216 g/mol. The fourth-order valence-corrected chi connectivity index (χ4v) is 1.99. The van der Waals surface area contributed by atoms with Gasteiger partial charge in [-0.1, -0.05) is 6.07 Å². The summed E-state index contributed by atoms with van der Waals surface area (Å²) in [4.78, 5) is 11.8. The van der Waals surface area contributed by atoms with Gasteiger partial charge in [0.25, 0.3) is 0 Å². The number of hydrazine groups is 1. The van der Waals surface area contributed by atoms with Gasteiger partial charge in [-0.3, -0.25) is 10.2 Å². The number of carbonyl (C=O) groups excluding carboxylic acids is 1. The Kier molecular flexibility index (Phi) is 3.78. The molecule has 0 saturated heterocycles. The number of hydrogen-bond acceptors (Lipinski definition) is 3. The van der Waals surface area contributed by atoms with Crippen molar-refractivity contribution in [3.05, 3.63) is 28.8 Å². The molecule has 0 aromatic heterocycles. The van der Waals surface area contributed by atoms with E-state index in [2.05, 4.69) is 5.43 Å². The summed E-state index contributed by atoms with van der Waals surface area (Å²) in [6.07, 6.45) is 0. The van der Waals surface area contributed by atoms with E-state index >= 15 is 0 Å². The van der Waals surface area contributed by atoms with Gasteiger partial charge in [-0.05, 0) is 50.5 Å². The minimum Gasteiger partial charge on any atom is -0.496 e. The summed E-state index contributed by atoms with van der Waals surface area (Å²) in [6, 6.07) is 3.92. The Bertz CT molecular complexity index is 439. The number of benzene rings is 1. The van der Waals surface area contributed by atoms with Crippen LogP contribution in [0.1, 0.15) is 30.5 Å². The first-order valence-corrected chi connectivity index (χ1v) is 5.51. The number of rotatable bonds is 3. The number of carbonyl (C=O) groups is 1. The molecule has 3 N–H and O–H groups in total. The Balaban J connectivity index is 3.32. The highest BCUT2D eigenvalue weighted by atomic mass is 16.5. The van der Waals surface area contributed by atoms with Crippen molar-refractivity contribution in [1.82, 2.24) is 5.43 Å². The average Bonchev–Trinajstić information content (AvgIpc) is 2.30. The quantitative estimate of drug-likeness (QED) is 0.476. The number of aryl methyl sites for hydroxylation is 2. The highest BCUT2D eigenvalue weighted by Crippen LogP contribution is 2.31. The van der Waals surface area contributed by atoms with E-state index in [4.69, 9.17) is 10.6 Å². The third-order valence-corrected chi connectivity index (χ3v) is 3.11. The van der Waals surface area contributed by atoms with Crippen molar-refractivity contribution >= 4 is 5.91 Å². The molecule has 94 valence electrons. The number of nitrogens with one attached hydrogen (secondary N) is 1. The van der Waals surface area contributed by atoms with Gasteiger partial charge in [0, 0.05) is 0 Å². The third kappa shape index (κ3) is 2.42. The smallest absolute Gasteiger partial charge is 0.243 e. The largest absolute Gasteiger partial charge is 0.496 e. The zero-order valence-corrected chi connectivity index (χ0v) is 11.0. The molecule has 1 rings (SSSR count). The zero-order valence-electron chi connectivity index (χ0n) is 11.0. The number of hydrogen-bond donors (Lipinski definition) is 2. The molecular formula is C13H20N2O2. The van der Waals surface area contributed by atoms with Crippen LogP contribution in [0.25, 0.3) is 0 Å². The number of nitrogens with two attached hydrogens (primary N) is 1. The van der Waals surface area contributed by atoms with Crippen molar-refractivity contribution < 1.29 is 9.53 Å². The topological polar surface area (TPSA) is 64.3 Å². The van der Waals surface area contributed by atoms with Crippen LogP contribution in [0, 0.1) is 13.8 Å². The van der Waals surface area contributed by atoms with Crippen molar-refractivity contribution in [2.75, 3.05) is 7.11 Å². The number of methoxy groups -OCH3 is 1. The maximum absolute atomic E-state index is 11.8. The van der Waals surface area contributed by atoms with Crippen LogP contribution >= 0.6 is 0 Å². The standard InChI is InChI=1S/C13H20N2O2/c1-8-7-11(17-5)9(2)6-10(8)13(3,4)12(16)15-14/h6-7H,14H2,1-5H3,(H,15,16). The maximum atomic E-state index is 11.8. The molecule has 0 aliphatic carbocycles. The van der Waals surface area contributed by atoms with Crippen LogP contribution in [0.5, 0.6) is 5.75 Å². The van der Waals surface area contributed by atoms with Gasteiger partial charge >= 0.3 is 0 Å². The summed E-state index contributed by atoms with van der Waals surface area (Å²) < 4.78 is 5.26. The predicted octanol–water partition coefficient (Wildman–Crippen LogP) is 1.58. The summed E-state index contributed by atoms with van der Waals surface area (Å²) in [6.45, 7) is 7.62. The molecule has 1 aromatic carbocycles. The Morgan fingerprint density at radius 1 is 1.29 bits per heavy atom. The third-order valence-electron chi connectivity index (χ3n) is 3.11. The molecule has 1 amide bonds. The van der Waals surface area contributed by atoms with E-state index in [0.717, 1.165) is 22.4 Å². The van der Waals surface area contributed by atoms with Gasteiger partial charge in [0.2, 0.25) is 5.91 Å². The van der Waals surface area contributed by atoms with E-state index in [9.17, 15) is 4.79 Å². The van der Waals surface area contributed by atoms with Gasteiger partial charge in [-0.2, -0.15) is 0 Å². The van der Waals surface area contributed by atoms with Crippen LogP contribution in [0.2, 0.25) is 0 Å². The molecule has 0 fully saturated rings. The Hall–Kier alpha value is -1.55. The summed E-state index contributed by atoms with van der Waals surface area (Å²) in [7, 11) is 1.64. The second-order valence-electron chi connectivity index (χ2n) is 4.74.